The van der Waals surface area contributed by atoms with Crippen LogP contribution in [0.25, 0.3) is 16.8 Å². The molecule has 24 heavy (non-hydrogen) atoms. The topological polar surface area (TPSA) is 44.8 Å². The molecule has 0 aliphatic carbocycles. The van der Waals surface area contributed by atoms with Crippen molar-refractivity contribution in [2.45, 2.75) is 18.8 Å². The minimum absolute atomic E-state index is 0.477. The highest BCUT2D eigenvalue weighted by Gasteiger charge is 2.23. The van der Waals surface area contributed by atoms with E-state index in [2.05, 4.69) is 35.1 Å². The zero-order chi connectivity index (χ0) is 16.9. The molecule has 0 atom stereocenters. The maximum Gasteiger partial charge on any atom is 0.110 e. The molecule has 1 saturated heterocycles. The average molecular weight is 320 g/mol. The maximum absolute atomic E-state index is 4.96. The van der Waals surface area contributed by atoms with Crippen molar-refractivity contribution in [2.24, 2.45) is 0 Å². The number of nitrogens with one attached hydrogen (secondary N) is 1. The summed E-state index contributed by atoms with van der Waals surface area (Å²) in [5.74, 6) is 1.55. The third kappa shape index (κ3) is 3.39. The highest BCUT2D eigenvalue weighted by Crippen LogP contribution is 2.32. The second-order valence-electron chi connectivity index (χ2n) is 6.22. The Morgan fingerprint density at radius 2 is 1.96 bits per heavy atom. The van der Waals surface area contributed by atoms with Crippen LogP contribution in [0.2, 0.25) is 0 Å². The number of imidazole rings is 1. The van der Waals surface area contributed by atoms with Crippen LogP contribution in [-0.2, 0) is 0 Å². The van der Waals surface area contributed by atoms with E-state index in [1.807, 2.05) is 24.3 Å². The van der Waals surface area contributed by atoms with Gasteiger partial charge in [-0.3, -0.25) is 4.98 Å². The van der Waals surface area contributed by atoms with E-state index in [-0.39, 0.29) is 0 Å². The fourth-order valence-corrected chi connectivity index (χ4v) is 3.17. The Morgan fingerprint density at radius 3 is 2.58 bits per heavy atom. The van der Waals surface area contributed by atoms with E-state index in [1.54, 1.807) is 18.5 Å². The van der Waals surface area contributed by atoms with Crippen LogP contribution in [0.3, 0.4) is 0 Å². The van der Waals surface area contributed by atoms with Gasteiger partial charge < -0.3 is 9.88 Å². The molecule has 4 heteroatoms. The molecule has 0 saturated carbocycles. The van der Waals surface area contributed by atoms with Gasteiger partial charge in [-0.15, -0.1) is 0 Å². The van der Waals surface area contributed by atoms with Gasteiger partial charge in [0.15, 0.2) is 0 Å². The summed E-state index contributed by atoms with van der Waals surface area (Å²) in [7, 11) is 2.18. The number of hydrogen-bond acceptors (Lipinski definition) is 3. The second-order valence-corrected chi connectivity index (χ2v) is 6.22. The number of H-pyrrole nitrogens is 1. The van der Waals surface area contributed by atoms with Crippen LogP contribution in [-0.4, -0.2) is 40.0 Å². The Kier molecular flexibility index (Phi) is 5.06. The molecule has 0 aromatic carbocycles. The van der Waals surface area contributed by atoms with Crippen molar-refractivity contribution in [1.82, 2.24) is 19.9 Å². The molecule has 3 rings (SSSR count). The molecule has 2 aromatic heterocycles. The monoisotopic (exact) mass is 320 g/mol. The van der Waals surface area contributed by atoms with Crippen molar-refractivity contribution in [3.05, 3.63) is 67.4 Å². The van der Waals surface area contributed by atoms with E-state index in [0.29, 0.717) is 5.92 Å². The summed E-state index contributed by atoms with van der Waals surface area (Å²) in [5.41, 5.74) is 4.03. The molecule has 124 valence electrons. The standard InChI is InChI=1S/C20H24N4/c1-4-6-15(5-2)18-19(16-7-11-21-12-8-16)23-20(22-18)17-9-13-24(3)14-10-17/h4-8,11-12,17H,1-2,9-10,13-14H2,3H3,(H,22,23)/b15-6+. The summed E-state index contributed by atoms with van der Waals surface area (Å²) in [5, 5.41) is 0. The number of pyridine rings is 1. The van der Waals surface area contributed by atoms with Gasteiger partial charge in [0.05, 0.1) is 11.4 Å². The van der Waals surface area contributed by atoms with E-state index in [9.17, 15) is 0 Å². The number of aromatic amines is 1. The van der Waals surface area contributed by atoms with Crippen LogP contribution in [0.15, 0.2) is 55.9 Å². The smallest absolute Gasteiger partial charge is 0.110 e. The molecule has 0 unspecified atom stereocenters. The number of piperidine rings is 1. The number of allylic oxidation sites excluding steroid dienone is 4. The van der Waals surface area contributed by atoms with Gasteiger partial charge in [-0.2, -0.15) is 0 Å². The van der Waals surface area contributed by atoms with Crippen LogP contribution in [0.4, 0.5) is 0 Å². The minimum atomic E-state index is 0.477. The number of hydrogen-bond donors (Lipinski definition) is 1. The first-order valence-corrected chi connectivity index (χ1v) is 8.37. The van der Waals surface area contributed by atoms with Gasteiger partial charge in [0, 0.05) is 23.9 Å². The Morgan fingerprint density at radius 1 is 1.25 bits per heavy atom. The van der Waals surface area contributed by atoms with Gasteiger partial charge in [-0.05, 0) is 50.7 Å². The van der Waals surface area contributed by atoms with Crippen molar-refractivity contribution in [3.8, 4) is 11.3 Å². The van der Waals surface area contributed by atoms with E-state index >= 15 is 0 Å². The fraction of sp³-hybridized carbons (Fsp3) is 0.300. The Balaban J connectivity index is 2.04. The SMILES string of the molecule is C=C/C=C(\C=C)c1[nH]c(C2CCN(C)CC2)nc1-c1ccncc1. The van der Waals surface area contributed by atoms with Crippen molar-refractivity contribution in [1.29, 1.82) is 0 Å². The number of nitrogens with zero attached hydrogens (tertiary/aromatic N) is 3. The number of rotatable bonds is 5. The first-order valence-electron chi connectivity index (χ1n) is 8.37. The molecule has 4 nitrogen and oxygen atoms in total. The van der Waals surface area contributed by atoms with Gasteiger partial charge in [0.25, 0.3) is 0 Å². The van der Waals surface area contributed by atoms with Crippen LogP contribution >= 0.6 is 0 Å². The largest absolute Gasteiger partial charge is 0.341 e. The van der Waals surface area contributed by atoms with E-state index in [0.717, 1.165) is 54.3 Å². The Bertz CT molecular complexity index is 734. The van der Waals surface area contributed by atoms with Crippen LogP contribution < -0.4 is 0 Å². The number of likely N-dealkylation sites (tertiary alicyclic amines) is 1. The lowest BCUT2D eigenvalue weighted by molar-refractivity contribution is 0.251. The van der Waals surface area contributed by atoms with Crippen molar-refractivity contribution >= 4 is 5.57 Å². The lowest BCUT2D eigenvalue weighted by Gasteiger charge is -2.27. The molecular weight excluding hydrogens is 296 g/mol. The lowest BCUT2D eigenvalue weighted by Crippen LogP contribution is -2.29. The van der Waals surface area contributed by atoms with Crippen molar-refractivity contribution in [3.63, 3.8) is 0 Å². The minimum Gasteiger partial charge on any atom is -0.341 e. The average Bonchev–Trinajstić information content (AvgIpc) is 3.06. The molecule has 0 bridgehead atoms. The predicted octanol–water partition coefficient (Wildman–Crippen LogP) is 4.04. The van der Waals surface area contributed by atoms with Gasteiger partial charge in [-0.1, -0.05) is 31.4 Å². The molecule has 2 aromatic rings. The quantitative estimate of drug-likeness (QED) is 0.846. The van der Waals surface area contributed by atoms with Gasteiger partial charge >= 0.3 is 0 Å². The van der Waals surface area contributed by atoms with E-state index in [4.69, 9.17) is 4.98 Å². The Labute approximate surface area is 143 Å². The highest BCUT2D eigenvalue weighted by molar-refractivity contribution is 5.82. The first kappa shape index (κ1) is 16.4. The molecule has 1 aliphatic rings. The molecule has 1 aliphatic heterocycles. The second kappa shape index (κ2) is 7.41. The van der Waals surface area contributed by atoms with Gasteiger partial charge in [0.2, 0.25) is 0 Å². The molecule has 3 heterocycles. The van der Waals surface area contributed by atoms with Crippen LogP contribution in [0, 0.1) is 0 Å². The van der Waals surface area contributed by atoms with Gasteiger partial charge in [0.1, 0.15) is 5.82 Å². The van der Waals surface area contributed by atoms with Crippen LogP contribution in [0.1, 0.15) is 30.3 Å². The molecule has 1 N–H and O–H groups in total. The summed E-state index contributed by atoms with van der Waals surface area (Å²) in [6.45, 7) is 9.97. The molecule has 0 radical (unpaired) electrons. The molecular formula is C20H24N4. The zero-order valence-electron chi connectivity index (χ0n) is 14.2. The number of aromatic nitrogens is 3. The maximum atomic E-state index is 4.96. The first-order chi connectivity index (χ1) is 11.7. The molecule has 0 amide bonds. The molecule has 1 fully saturated rings. The van der Waals surface area contributed by atoms with Crippen molar-refractivity contribution < 1.29 is 0 Å². The predicted molar refractivity (Wildman–Crippen MR) is 99.7 cm³/mol. The zero-order valence-corrected chi connectivity index (χ0v) is 14.2. The van der Waals surface area contributed by atoms with E-state index < -0.39 is 0 Å². The molecule has 0 spiro atoms. The highest BCUT2D eigenvalue weighted by atomic mass is 15.1. The summed E-state index contributed by atoms with van der Waals surface area (Å²) >= 11 is 0. The third-order valence-corrected chi connectivity index (χ3v) is 4.59. The normalized spacial score (nSPS) is 17.0. The summed E-state index contributed by atoms with van der Waals surface area (Å²) in [6.07, 6.45) is 11.5. The summed E-state index contributed by atoms with van der Waals surface area (Å²) in [6, 6.07) is 3.99. The Hall–Kier alpha value is -2.46. The summed E-state index contributed by atoms with van der Waals surface area (Å²) in [4.78, 5) is 15.0. The van der Waals surface area contributed by atoms with Gasteiger partial charge in [-0.25, -0.2) is 4.98 Å². The lowest BCUT2D eigenvalue weighted by atomic mass is 9.96. The summed E-state index contributed by atoms with van der Waals surface area (Å²) < 4.78 is 0. The van der Waals surface area contributed by atoms with Crippen molar-refractivity contribution in [2.75, 3.05) is 20.1 Å². The third-order valence-electron chi connectivity index (χ3n) is 4.59. The van der Waals surface area contributed by atoms with E-state index in [1.165, 1.54) is 0 Å². The fourth-order valence-electron chi connectivity index (χ4n) is 3.17. The van der Waals surface area contributed by atoms with Crippen LogP contribution in [0.5, 0.6) is 0 Å².